The summed E-state index contributed by atoms with van der Waals surface area (Å²) in [6.45, 7) is 4.96. The number of nitrogens with one attached hydrogen (secondary N) is 1. The van der Waals surface area contributed by atoms with E-state index in [1.807, 2.05) is 32.8 Å². The molecule has 114 valence electrons. The number of likely N-dealkylation sites (N-methyl/N-ethyl adjacent to an activating group) is 1. The molecule has 0 aromatic carbocycles. The Balaban J connectivity index is 2.91. The van der Waals surface area contributed by atoms with Gasteiger partial charge in [0.1, 0.15) is 0 Å². The van der Waals surface area contributed by atoms with E-state index in [2.05, 4.69) is 9.71 Å². The predicted molar refractivity (Wildman–Crippen MR) is 79.6 cm³/mol. The van der Waals surface area contributed by atoms with Gasteiger partial charge in [0.2, 0.25) is 0 Å². The number of hydrogen-bond acceptors (Lipinski definition) is 5. The molecule has 0 spiro atoms. The third kappa shape index (κ3) is 4.82. The van der Waals surface area contributed by atoms with Crippen LogP contribution >= 0.6 is 0 Å². The van der Waals surface area contributed by atoms with Crippen LogP contribution in [0.2, 0.25) is 0 Å². The van der Waals surface area contributed by atoms with E-state index in [4.69, 9.17) is 5.73 Å². The Kier molecular flexibility index (Phi) is 6.07. The first-order valence-electron chi connectivity index (χ1n) is 6.58. The number of sulfonamides is 1. The molecule has 20 heavy (non-hydrogen) atoms. The van der Waals surface area contributed by atoms with E-state index in [9.17, 15) is 8.42 Å². The fourth-order valence-corrected chi connectivity index (χ4v) is 3.03. The van der Waals surface area contributed by atoms with Crippen LogP contribution in [0.25, 0.3) is 0 Å². The van der Waals surface area contributed by atoms with Gasteiger partial charge in [-0.1, -0.05) is 19.9 Å². The van der Waals surface area contributed by atoms with Crippen molar-refractivity contribution in [3.63, 3.8) is 0 Å². The molecule has 1 heterocycles. The van der Waals surface area contributed by atoms with Gasteiger partial charge in [-0.25, -0.2) is 18.1 Å². The van der Waals surface area contributed by atoms with Crippen molar-refractivity contribution in [2.24, 2.45) is 11.7 Å². The van der Waals surface area contributed by atoms with Gasteiger partial charge < -0.3 is 10.6 Å². The van der Waals surface area contributed by atoms with Crippen molar-refractivity contribution < 1.29 is 8.42 Å². The Hall–Kier alpha value is -1.02. The molecule has 0 fully saturated rings. The van der Waals surface area contributed by atoms with E-state index in [-0.39, 0.29) is 17.0 Å². The zero-order chi connectivity index (χ0) is 15.3. The Bertz CT molecular complexity index is 512. The lowest BCUT2D eigenvalue weighted by Crippen LogP contribution is -2.45. The largest absolute Gasteiger partial charge is 0.326 e. The Morgan fingerprint density at radius 1 is 1.35 bits per heavy atom. The van der Waals surface area contributed by atoms with Crippen LogP contribution < -0.4 is 10.5 Å². The highest BCUT2D eigenvalue weighted by Gasteiger charge is 2.23. The smallest absolute Gasteiger partial charge is 0.258 e. The van der Waals surface area contributed by atoms with Crippen LogP contribution in [0.15, 0.2) is 23.4 Å². The molecular formula is C13H24N4O2S. The minimum Gasteiger partial charge on any atom is -0.326 e. The molecule has 1 unspecified atom stereocenters. The normalized spacial score (nSPS) is 13.9. The standard InChI is InChI=1S/C13H24N4O2S/c1-10(2)12(9-17(3)4)16-20(18,19)13-6-5-11(7-14)8-15-13/h5-6,8,10,12,16H,7,9,14H2,1-4H3. The van der Waals surface area contributed by atoms with Crippen molar-refractivity contribution >= 4 is 10.0 Å². The molecule has 1 rings (SSSR count). The number of pyridine rings is 1. The first kappa shape index (κ1) is 17.0. The summed E-state index contributed by atoms with van der Waals surface area (Å²) < 4.78 is 27.3. The number of hydrogen-bond donors (Lipinski definition) is 2. The summed E-state index contributed by atoms with van der Waals surface area (Å²) in [6.07, 6.45) is 1.49. The van der Waals surface area contributed by atoms with Crippen molar-refractivity contribution in [3.05, 3.63) is 23.9 Å². The van der Waals surface area contributed by atoms with Gasteiger partial charge in [0.05, 0.1) is 0 Å². The Morgan fingerprint density at radius 2 is 2.00 bits per heavy atom. The van der Waals surface area contributed by atoms with Gasteiger partial charge in [-0.05, 0) is 31.6 Å². The Morgan fingerprint density at radius 3 is 2.40 bits per heavy atom. The highest BCUT2D eigenvalue weighted by Crippen LogP contribution is 2.11. The third-order valence-corrected chi connectivity index (χ3v) is 4.39. The average Bonchev–Trinajstić information content (AvgIpc) is 2.37. The van der Waals surface area contributed by atoms with Crippen LogP contribution in [0.5, 0.6) is 0 Å². The van der Waals surface area contributed by atoms with Crippen molar-refractivity contribution in [2.45, 2.75) is 31.5 Å². The summed E-state index contributed by atoms with van der Waals surface area (Å²) in [5.41, 5.74) is 6.28. The lowest BCUT2D eigenvalue weighted by molar-refractivity contribution is 0.314. The third-order valence-electron chi connectivity index (χ3n) is 2.98. The molecule has 0 aliphatic heterocycles. The van der Waals surface area contributed by atoms with E-state index in [0.717, 1.165) is 5.56 Å². The van der Waals surface area contributed by atoms with E-state index in [1.165, 1.54) is 12.3 Å². The Labute approximate surface area is 121 Å². The van der Waals surface area contributed by atoms with Crippen molar-refractivity contribution in [1.82, 2.24) is 14.6 Å². The maximum absolute atomic E-state index is 12.3. The topological polar surface area (TPSA) is 88.3 Å². The monoisotopic (exact) mass is 300 g/mol. The van der Waals surface area contributed by atoms with Gasteiger partial charge in [0.25, 0.3) is 10.0 Å². The lowest BCUT2D eigenvalue weighted by Gasteiger charge is -2.25. The SMILES string of the molecule is CC(C)C(CN(C)C)NS(=O)(=O)c1ccc(CN)cn1. The second-order valence-electron chi connectivity index (χ2n) is 5.44. The molecule has 0 amide bonds. The molecule has 0 bridgehead atoms. The molecule has 7 heteroatoms. The second-order valence-corrected chi connectivity index (χ2v) is 7.10. The first-order chi connectivity index (χ1) is 9.26. The van der Waals surface area contributed by atoms with E-state index >= 15 is 0 Å². The molecule has 0 aliphatic carbocycles. The van der Waals surface area contributed by atoms with Crippen molar-refractivity contribution in [3.8, 4) is 0 Å². The van der Waals surface area contributed by atoms with Crippen LogP contribution in [-0.4, -0.2) is 45.0 Å². The molecule has 1 atom stereocenters. The average molecular weight is 300 g/mol. The summed E-state index contributed by atoms with van der Waals surface area (Å²) in [5.74, 6) is 0.190. The molecule has 0 radical (unpaired) electrons. The minimum absolute atomic E-state index is 0.0270. The first-order valence-corrected chi connectivity index (χ1v) is 8.06. The van der Waals surface area contributed by atoms with Crippen LogP contribution in [0.3, 0.4) is 0 Å². The minimum atomic E-state index is -3.60. The molecule has 6 nitrogen and oxygen atoms in total. The van der Waals surface area contributed by atoms with Crippen LogP contribution in [-0.2, 0) is 16.6 Å². The van der Waals surface area contributed by atoms with E-state index < -0.39 is 10.0 Å². The zero-order valence-electron chi connectivity index (χ0n) is 12.5. The van der Waals surface area contributed by atoms with E-state index in [1.54, 1.807) is 6.07 Å². The fourth-order valence-electron chi connectivity index (χ4n) is 1.73. The summed E-state index contributed by atoms with van der Waals surface area (Å²) in [6, 6.07) is 3.00. The number of nitrogens with zero attached hydrogens (tertiary/aromatic N) is 2. The zero-order valence-corrected chi connectivity index (χ0v) is 13.3. The molecule has 3 N–H and O–H groups in total. The quantitative estimate of drug-likeness (QED) is 0.761. The van der Waals surface area contributed by atoms with Crippen LogP contribution in [0.4, 0.5) is 0 Å². The highest BCUT2D eigenvalue weighted by atomic mass is 32.2. The predicted octanol–water partition coefficient (Wildman–Crippen LogP) is 0.405. The van der Waals surface area contributed by atoms with Crippen molar-refractivity contribution in [1.29, 1.82) is 0 Å². The van der Waals surface area contributed by atoms with Gasteiger partial charge in [-0.2, -0.15) is 0 Å². The summed E-state index contributed by atoms with van der Waals surface area (Å²) in [4.78, 5) is 5.93. The van der Waals surface area contributed by atoms with Gasteiger partial charge in [0.15, 0.2) is 5.03 Å². The maximum Gasteiger partial charge on any atom is 0.258 e. The molecule has 0 saturated carbocycles. The van der Waals surface area contributed by atoms with Crippen LogP contribution in [0.1, 0.15) is 19.4 Å². The summed E-state index contributed by atoms with van der Waals surface area (Å²) >= 11 is 0. The fraction of sp³-hybridized carbons (Fsp3) is 0.615. The molecule has 0 saturated heterocycles. The van der Waals surface area contributed by atoms with Crippen molar-refractivity contribution in [2.75, 3.05) is 20.6 Å². The second kappa shape index (κ2) is 7.12. The number of aromatic nitrogens is 1. The number of nitrogens with two attached hydrogens (primary N) is 1. The lowest BCUT2D eigenvalue weighted by atomic mass is 10.1. The van der Waals surface area contributed by atoms with Gasteiger partial charge in [-0.3, -0.25) is 0 Å². The summed E-state index contributed by atoms with van der Waals surface area (Å²) in [7, 11) is 0.226. The number of rotatable bonds is 7. The highest BCUT2D eigenvalue weighted by molar-refractivity contribution is 7.89. The van der Waals surface area contributed by atoms with Gasteiger partial charge >= 0.3 is 0 Å². The molecule has 1 aromatic heterocycles. The van der Waals surface area contributed by atoms with Crippen LogP contribution in [0, 0.1) is 5.92 Å². The van der Waals surface area contributed by atoms with E-state index in [0.29, 0.717) is 13.1 Å². The molecule has 1 aromatic rings. The maximum atomic E-state index is 12.3. The molecular weight excluding hydrogens is 276 g/mol. The van der Waals surface area contributed by atoms with Gasteiger partial charge in [0, 0.05) is 25.3 Å². The summed E-state index contributed by atoms with van der Waals surface area (Å²) in [5, 5.41) is 0.0270. The van der Waals surface area contributed by atoms with Gasteiger partial charge in [-0.15, -0.1) is 0 Å². The molecule has 0 aliphatic rings.